The zero-order valence-electron chi connectivity index (χ0n) is 10.7. The molecule has 0 spiro atoms. The molecule has 0 aliphatic carbocycles. The van der Waals surface area contributed by atoms with Gasteiger partial charge in [0.1, 0.15) is 11.5 Å². The molecule has 0 atom stereocenters. The van der Waals surface area contributed by atoms with Crippen molar-refractivity contribution < 1.29 is 13.6 Å². The quantitative estimate of drug-likeness (QED) is 0.455. The lowest BCUT2D eigenvalue weighted by atomic mass is 10.3. The highest BCUT2D eigenvalue weighted by Crippen LogP contribution is 2.33. The van der Waals surface area contributed by atoms with E-state index in [4.69, 9.17) is 9.05 Å². The summed E-state index contributed by atoms with van der Waals surface area (Å²) in [7, 11) is -2.44. The molecule has 0 rings (SSSR count). The van der Waals surface area contributed by atoms with Crippen LogP contribution in [0.3, 0.4) is 0 Å². The first-order valence-electron chi connectivity index (χ1n) is 5.95. The first-order valence-corrected chi connectivity index (χ1v) is 7.17. The van der Waals surface area contributed by atoms with E-state index < -0.39 is 8.25 Å². The molecule has 0 fully saturated rings. The molecule has 0 saturated heterocycles. The second-order valence-corrected chi connectivity index (χ2v) is 4.23. The van der Waals surface area contributed by atoms with E-state index in [0.29, 0.717) is 0 Å². The van der Waals surface area contributed by atoms with Crippen LogP contribution in [0.2, 0.25) is 0 Å². The Morgan fingerprint density at radius 1 is 0.938 bits per heavy atom. The van der Waals surface area contributed by atoms with Gasteiger partial charge in [-0.05, 0) is 25.0 Å². The van der Waals surface area contributed by atoms with Crippen molar-refractivity contribution in [2.75, 3.05) is 0 Å². The number of hydrogen-bond donors (Lipinski definition) is 0. The van der Waals surface area contributed by atoms with Gasteiger partial charge in [-0.1, -0.05) is 27.7 Å². The van der Waals surface area contributed by atoms with E-state index in [2.05, 4.69) is 0 Å². The molecule has 0 amide bonds. The number of hydrogen-bond acceptors (Lipinski definition) is 3. The lowest BCUT2D eigenvalue weighted by molar-refractivity contribution is 0.303. The average molecular weight is 246 g/mol. The van der Waals surface area contributed by atoms with E-state index in [0.717, 1.165) is 37.2 Å². The van der Waals surface area contributed by atoms with Gasteiger partial charge in [-0.15, -0.1) is 0 Å². The second kappa shape index (κ2) is 9.53. The van der Waals surface area contributed by atoms with Gasteiger partial charge in [-0.3, -0.25) is 0 Å². The van der Waals surface area contributed by atoms with Gasteiger partial charge in [0.2, 0.25) is 0 Å². The standard InChI is InChI=1S/C12H23O3P/c1-5-9-11(7-3)14-16(13)15-12(8-4)10-6-2/h9-10,16H,5-8H2,1-4H3/b11-9+,12-10+. The summed E-state index contributed by atoms with van der Waals surface area (Å²) in [5, 5.41) is 0. The van der Waals surface area contributed by atoms with Gasteiger partial charge in [0.15, 0.2) is 0 Å². The fourth-order valence-corrected chi connectivity index (χ4v) is 2.13. The lowest BCUT2D eigenvalue weighted by Gasteiger charge is -2.11. The van der Waals surface area contributed by atoms with Crippen LogP contribution in [0.15, 0.2) is 23.7 Å². The molecular weight excluding hydrogens is 223 g/mol. The molecule has 3 nitrogen and oxygen atoms in total. The monoisotopic (exact) mass is 246 g/mol. The van der Waals surface area contributed by atoms with Crippen LogP contribution >= 0.6 is 8.25 Å². The summed E-state index contributed by atoms with van der Waals surface area (Å²) in [5.41, 5.74) is 0. The molecule has 0 aromatic rings. The third kappa shape index (κ3) is 6.73. The van der Waals surface area contributed by atoms with E-state index in [1.54, 1.807) is 0 Å². The van der Waals surface area contributed by atoms with E-state index >= 15 is 0 Å². The van der Waals surface area contributed by atoms with Gasteiger partial charge in [0.05, 0.1) is 0 Å². The number of allylic oxidation sites excluding steroid dienone is 4. The Balaban J connectivity index is 4.26. The van der Waals surface area contributed by atoms with Gasteiger partial charge < -0.3 is 9.05 Å². The van der Waals surface area contributed by atoms with Crippen LogP contribution in [0, 0.1) is 0 Å². The van der Waals surface area contributed by atoms with Crippen molar-refractivity contribution in [3.63, 3.8) is 0 Å². The summed E-state index contributed by atoms with van der Waals surface area (Å²) in [4.78, 5) is 0. The van der Waals surface area contributed by atoms with Gasteiger partial charge >= 0.3 is 8.25 Å². The molecule has 4 heteroatoms. The largest absolute Gasteiger partial charge is 0.423 e. The van der Waals surface area contributed by atoms with Crippen LogP contribution in [0.1, 0.15) is 53.4 Å². The molecule has 0 heterocycles. The summed E-state index contributed by atoms with van der Waals surface area (Å²) >= 11 is 0. The summed E-state index contributed by atoms with van der Waals surface area (Å²) in [6.45, 7) is 7.98. The van der Waals surface area contributed by atoms with E-state index in [1.807, 2.05) is 39.8 Å². The third-order valence-corrected chi connectivity index (χ3v) is 2.85. The van der Waals surface area contributed by atoms with Crippen molar-refractivity contribution in [1.82, 2.24) is 0 Å². The van der Waals surface area contributed by atoms with Crippen LogP contribution in [0.5, 0.6) is 0 Å². The summed E-state index contributed by atoms with van der Waals surface area (Å²) in [6, 6.07) is 0. The Hall–Kier alpha value is -0.690. The predicted octanol–water partition coefficient (Wildman–Crippen LogP) is 4.82. The molecule has 0 unspecified atom stereocenters. The average Bonchev–Trinajstić information content (AvgIpc) is 2.27. The highest BCUT2D eigenvalue weighted by atomic mass is 31.1. The molecule has 16 heavy (non-hydrogen) atoms. The molecule has 94 valence electrons. The molecule has 0 aromatic carbocycles. The SMILES string of the molecule is CC/C=C(\CC)O[PH](=O)O/C(=C/CC)CC. The van der Waals surface area contributed by atoms with Crippen molar-refractivity contribution in [3.05, 3.63) is 23.7 Å². The minimum atomic E-state index is -2.44. The summed E-state index contributed by atoms with van der Waals surface area (Å²) < 4.78 is 22.1. The Bertz CT molecular complexity index is 243. The predicted molar refractivity (Wildman–Crippen MR) is 68.5 cm³/mol. The van der Waals surface area contributed by atoms with Crippen molar-refractivity contribution in [2.24, 2.45) is 0 Å². The van der Waals surface area contributed by atoms with Crippen LogP contribution < -0.4 is 0 Å². The zero-order chi connectivity index (χ0) is 12.4. The molecule has 0 radical (unpaired) electrons. The van der Waals surface area contributed by atoms with Crippen LogP contribution in [-0.4, -0.2) is 0 Å². The van der Waals surface area contributed by atoms with Crippen molar-refractivity contribution >= 4 is 8.25 Å². The smallest absolute Gasteiger partial charge is 0.418 e. The maximum atomic E-state index is 11.6. The third-order valence-electron chi connectivity index (χ3n) is 1.99. The van der Waals surface area contributed by atoms with Crippen molar-refractivity contribution in [2.45, 2.75) is 53.4 Å². The topological polar surface area (TPSA) is 35.5 Å². The van der Waals surface area contributed by atoms with E-state index in [1.165, 1.54) is 0 Å². The molecule has 0 aromatic heterocycles. The lowest BCUT2D eigenvalue weighted by Crippen LogP contribution is -1.87. The summed E-state index contributed by atoms with van der Waals surface area (Å²) in [5.74, 6) is 1.50. The molecular formula is C12H23O3P. The summed E-state index contributed by atoms with van der Waals surface area (Å²) in [6.07, 6.45) is 7.11. The van der Waals surface area contributed by atoms with E-state index in [9.17, 15) is 4.57 Å². The van der Waals surface area contributed by atoms with Crippen LogP contribution in [0.25, 0.3) is 0 Å². The maximum absolute atomic E-state index is 11.6. The molecule has 0 aliphatic heterocycles. The van der Waals surface area contributed by atoms with Gasteiger partial charge in [-0.25, -0.2) is 4.57 Å². The van der Waals surface area contributed by atoms with Crippen molar-refractivity contribution in [3.8, 4) is 0 Å². The van der Waals surface area contributed by atoms with Crippen LogP contribution in [-0.2, 0) is 13.6 Å². The first kappa shape index (κ1) is 15.3. The Morgan fingerprint density at radius 2 is 1.31 bits per heavy atom. The number of rotatable bonds is 8. The molecule has 0 N–H and O–H groups in total. The molecule has 0 bridgehead atoms. The van der Waals surface area contributed by atoms with Gasteiger partial charge in [0.25, 0.3) is 0 Å². The Morgan fingerprint density at radius 3 is 1.56 bits per heavy atom. The highest BCUT2D eigenvalue weighted by molar-refractivity contribution is 7.33. The minimum Gasteiger partial charge on any atom is -0.423 e. The second-order valence-electron chi connectivity index (χ2n) is 3.32. The first-order chi connectivity index (χ1) is 7.67. The minimum absolute atomic E-state index is 0.743. The maximum Gasteiger partial charge on any atom is 0.418 e. The van der Waals surface area contributed by atoms with Gasteiger partial charge in [-0.2, -0.15) is 0 Å². The fourth-order valence-electron chi connectivity index (χ4n) is 1.21. The Kier molecular flexibility index (Phi) is 9.12. The van der Waals surface area contributed by atoms with E-state index in [-0.39, 0.29) is 0 Å². The fraction of sp³-hybridized carbons (Fsp3) is 0.667. The molecule has 0 saturated carbocycles. The molecule has 0 aliphatic rings. The zero-order valence-corrected chi connectivity index (χ0v) is 11.7. The normalized spacial score (nSPS) is 14.8. The van der Waals surface area contributed by atoms with Crippen LogP contribution in [0.4, 0.5) is 0 Å². The van der Waals surface area contributed by atoms with Crippen molar-refractivity contribution in [1.29, 1.82) is 0 Å². The van der Waals surface area contributed by atoms with Gasteiger partial charge in [0, 0.05) is 12.8 Å². The highest BCUT2D eigenvalue weighted by Gasteiger charge is 2.05. The Labute approximate surface area is 99.5 Å².